The number of nitro benzene ring substituents is 1. The smallest absolute Gasteiger partial charge is 0.292 e. The van der Waals surface area contributed by atoms with E-state index in [4.69, 9.17) is 0 Å². The average Bonchev–Trinajstić information content (AvgIpc) is 2.43. The lowest BCUT2D eigenvalue weighted by atomic mass is 10.0. The first-order chi connectivity index (χ1) is 9.80. The zero-order valence-electron chi connectivity index (χ0n) is 12.5. The van der Waals surface area contributed by atoms with Crippen LogP contribution in [0.25, 0.3) is 0 Å². The van der Waals surface area contributed by atoms with Gasteiger partial charge in [-0.3, -0.25) is 14.9 Å². The van der Waals surface area contributed by atoms with Gasteiger partial charge in [0.2, 0.25) is 0 Å². The van der Waals surface area contributed by atoms with Gasteiger partial charge in [-0.2, -0.15) is 0 Å². The molecule has 0 aliphatic heterocycles. The molecule has 0 heterocycles. The Balaban J connectivity index is 3.01. The number of anilines is 1. The number of nitrogens with one attached hydrogen (secondary N) is 2. The van der Waals surface area contributed by atoms with Crippen molar-refractivity contribution < 1.29 is 14.8 Å². The number of aliphatic hydroxyl groups is 1. The van der Waals surface area contributed by atoms with Crippen LogP contribution in [0.15, 0.2) is 18.2 Å². The lowest BCUT2D eigenvalue weighted by molar-refractivity contribution is -0.384. The number of amides is 1. The van der Waals surface area contributed by atoms with Crippen molar-refractivity contribution in [3.05, 3.63) is 33.9 Å². The van der Waals surface area contributed by atoms with Gasteiger partial charge < -0.3 is 15.7 Å². The van der Waals surface area contributed by atoms with Gasteiger partial charge in [0.15, 0.2) is 0 Å². The molecule has 0 saturated carbocycles. The van der Waals surface area contributed by atoms with E-state index in [2.05, 4.69) is 10.6 Å². The van der Waals surface area contributed by atoms with Crippen LogP contribution in [-0.4, -0.2) is 35.1 Å². The number of carbonyl (C=O) groups excluding carboxylic acids is 1. The summed E-state index contributed by atoms with van der Waals surface area (Å²) in [6.07, 6.45) is 1.37. The van der Waals surface area contributed by atoms with Crippen molar-refractivity contribution in [1.82, 2.24) is 5.32 Å². The molecule has 1 aromatic carbocycles. The summed E-state index contributed by atoms with van der Waals surface area (Å²) in [6.45, 7) is 3.78. The number of hydrogen-bond donors (Lipinski definition) is 3. The lowest BCUT2D eigenvalue weighted by Gasteiger charge is -2.23. The fraction of sp³-hybridized carbons (Fsp3) is 0.500. The molecule has 0 bridgehead atoms. The van der Waals surface area contributed by atoms with E-state index in [0.29, 0.717) is 12.0 Å². The topological polar surface area (TPSA) is 104 Å². The van der Waals surface area contributed by atoms with Gasteiger partial charge >= 0.3 is 0 Å². The second-order valence-corrected chi connectivity index (χ2v) is 5.17. The highest BCUT2D eigenvalue weighted by Gasteiger charge is 2.22. The molecule has 1 rings (SSSR count). The van der Waals surface area contributed by atoms with E-state index in [-0.39, 0.29) is 23.8 Å². The fourth-order valence-electron chi connectivity index (χ4n) is 2.04. The lowest BCUT2D eigenvalue weighted by Crippen LogP contribution is -2.33. The standard InChI is InChI=1S/C14H21N3O4/c1-4-7-14(2,19)9-16-11-8-10(13(18)15-3)5-6-12(11)17(20)21/h5-6,8,16,19H,4,7,9H2,1-3H3,(H,15,18). The number of rotatable bonds is 7. The monoisotopic (exact) mass is 295 g/mol. The highest BCUT2D eigenvalue weighted by Crippen LogP contribution is 2.26. The summed E-state index contributed by atoms with van der Waals surface area (Å²) in [5.74, 6) is -0.326. The first-order valence-electron chi connectivity index (χ1n) is 6.77. The third-order valence-corrected chi connectivity index (χ3v) is 3.13. The molecule has 1 amide bonds. The Hall–Kier alpha value is -2.15. The molecule has 0 radical (unpaired) electrons. The van der Waals surface area contributed by atoms with Crippen LogP contribution in [0, 0.1) is 10.1 Å². The molecule has 1 atom stereocenters. The minimum Gasteiger partial charge on any atom is -0.388 e. The maximum Gasteiger partial charge on any atom is 0.292 e. The average molecular weight is 295 g/mol. The predicted octanol–water partition coefficient (Wildman–Crippen LogP) is 1.92. The molecule has 3 N–H and O–H groups in total. The van der Waals surface area contributed by atoms with E-state index in [0.717, 1.165) is 6.42 Å². The largest absolute Gasteiger partial charge is 0.388 e. The van der Waals surface area contributed by atoms with E-state index in [9.17, 15) is 20.0 Å². The Morgan fingerprint density at radius 2 is 2.14 bits per heavy atom. The molecule has 1 unspecified atom stereocenters. The Morgan fingerprint density at radius 1 is 1.48 bits per heavy atom. The summed E-state index contributed by atoms with van der Waals surface area (Å²) in [7, 11) is 1.49. The molecule has 1 aromatic rings. The second-order valence-electron chi connectivity index (χ2n) is 5.17. The van der Waals surface area contributed by atoms with Crippen molar-refractivity contribution >= 4 is 17.3 Å². The fourth-order valence-corrected chi connectivity index (χ4v) is 2.04. The Bertz CT molecular complexity index is 529. The highest BCUT2D eigenvalue weighted by atomic mass is 16.6. The van der Waals surface area contributed by atoms with E-state index in [1.165, 1.54) is 25.2 Å². The van der Waals surface area contributed by atoms with Crippen LogP contribution in [0.3, 0.4) is 0 Å². The summed E-state index contributed by atoms with van der Waals surface area (Å²) in [5, 5.41) is 26.5. The van der Waals surface area contributed by atoms with Gasteiger partial charge in [0, 0.05) is 25.2 Å². The van der Waals surface area contributed by atoms with Crippen molar-refractivity contribution in [1.29, 1.82) is 0 Å². The van der Waals surface area contributed by atoms with Gasteiger partial charge in [-0.1, -0.05) is 13.3 Å². The normalized spacial score (nSPS) is 13.3. The maximum atomic E-state index is 11.6. The minimum atomic E-state index is -0.967. The number of hydrogen-bond acceptors (Lipinski definition) is 5. The summed E-state index contributed by atoms with van der Waals surface area (Å²) in [5.41, 5.74) is -0.556. The predicted molar refractivity (Wildman–Crippen MR) is 80.5 cm³/mol. The Morgan fingerprint density at radius 3 is 2.67 bits per heavy atom. The van der Waals surface area contributed by atoms with E-state index in [1.54, 1.807) is 6.92 Å². The van der Waals surface area contributed by atoms with Crippen LogP contribution in [0.5, 0.6) is 0 Å². The van der Waals surface area contributed by atoms with Crippen molar-refractivity contribution in [2.24, 2.45) is 0 Å². The second kappa shape index (κ2) is 7.03. The molecule has 21 heavy (non-hydrogen) atoms. The third-order valence-electron chi connectivity index (χ3n) is 3.13. The summed E-state index contributed by atoms with van der Waals surface area (Å²) >= 11 is 0. The van der Waals surface area contributed by atoms with Crippen molar-refractivity contribution in [3.63, 3.8) is 0 Å². The van der Waals surface area contributed by atoms with Gasteiger partial charge in [0.05, 0.1) is 10.5 Å². The Labute approximate surface area is 123 Å². The van der Waals surface area contributed by atoms with Gasteiger partial charge in [-0.25, -0.2) is 0 Å². The molecule has 0 spiro atoms. The van der Waals surface area contributed by atoms with Crippen LogP contribution in [0.1, 0.15) is 37.0 Å². The molecule has 0 aromatic heterocycles. The number of nitrogens with zero attached hydrogens (tertiary/aromatic N) is 1. The number of nitro groups is 1. The van der Waals surface area contributed by atoms with Crippen LogP contribution in [-0.2, 0) is 0 Å². The van der Waals surface area contributed by atoms with Crippen LogP contribution >= 0.6 is 0 Å². The van der Waals surface area contributed by atoms with E-state index >= 15 is 0 Å². The minimum absolute atomic E-state index is 0.130. The number of benzene rings is 1. The first-order valence-corrected chi connectivity index (χ1v) is 6.77. The van der Waals surface area contributed by atoms with Gasteiger partial charge in [-0.15, -0.1) is 0 Å². The quantitative estimate of drug-likeness (QED) is 0.526. The Kier molecular flexibility index (Phi) is 5.66. The molecular formula is C14H21N3O4. The van der Waals surface area contributed by atoms with Crippen LogP contribution in [0.2, 0.25) is 0 Å². The molecule has 0 aliphatic rings. The zero-order valence-corrected chi connectivity index (χ0v) is 12.5. The van der Waals surface area contributed by atoms with E-state index < -0.39 is 10.5 Å². The molecular weight excluding hydrogens is 274 g/mol. The summed E-state index contributed by atoms with van der Waals surface area (Å²) in [6, 6.07) is 4.09. The molecule has 0 fully saturated rings. The number of carbonyl (C=O) groups is 1. The first kappa shape index (κ1) is 16.9. The molecule has 7 heteroatoms. The summed E-state index contributed by atoms with van der Waals surface area (Å²) in [4.78, 5) is 22.1. The van der Waals surface area contributed by atoms with E-state index in [1.807, 2.05) is 6.92 Å². The van der Waals surface area contributed by atoms with Gasteiger partial charge in [0.1, 0.15) is 5.69 Å². The zero-order chi connectivity index (χ0) is 16.0. The van der Waals surface area contributed by atoms with Gasteiger partial charge in [-0.05, 0) is 25.5 Å². The van der Waals surface area contributed by atoms with Gasteiger partial charge in [0.25, 0.3) is 11.6 Å². The van der Waals surface area contributed by atoms with Crippen molar-refractivity contribution in [2.75, 3.05) is 18.9 Å². The third kappa shape index (κ3) is 4.71. The summed E-state index contributed by atoms with van der Waals surface area (Å²) < 4.78 is 0. The van der Waals surface area contributed by atoms with Crippen LogP contribution in [0.4, 0.5) is 11.4 Å². The SMILES string of the molecule is CCCC(C)(O)CNc1cc(C(=O)NC)ccc1[N+](=O)[O-]. The van der Waals surface area contributed by atoms with Crippen LogP contribution < -0.4 is 10.6 Å². The molecule has 116 valence electrons. The molecule has 7 nitrogen and oxygen atoms in total. The highest BCUT2D eigenvalue weighted by molar-refractivity contribution is 5.95. The van der Waals surface area contributed by atoms with Crippen molar-refractivity contribution in [2.45, 2.75) is 32.3 Å². The van der Waals surface area contributed by atoms with Crippen molar-refractivity contribution in [3.8, 4) is 0 Å². The molecule has 0 aliphatic carbocycles. The maximum absolute atomic E-state index is 11.6. The molecule has 0 saturated heterocycles.